The first kappa shape index (κ1) is 14.1. The molecule has 0 saturated carbocycles. The summed E-state index contributed by atoms with van der Waals surface area (Å²) in [5.41, 5.74) is 1.60. The lowest BCUT2D eigenvalue weighted by atomic mass is 10.2. The molecule has 0 saturated heterocycles. The summed E-state index contributed by atoms with van der Waals surface area (Å²) in [5, 5.41) is 3.29. The van der Waals surface area contributed by atoms with Gasteiger partial charge < -0.3 is 5.32 Å². The van der Waals surface area contributed by atoms with Crippen molar-refractivity contribution in [2.24, 2.45) is 0 Å². The van der Waals surface area contributed by atoms with Crippen molar-refractivity contribution in [3.05, 3.63) is 68.8 Å². The fourth-order valence-corrected chi connectivity index (χ4v) is 2.16. The smallest absolute Gasteiger partial charge is 0.248 e. The van der Waals surface area contributed by atoms with Gasteiger partial charge in [-0.25, -0.2) is 0 Å². The number of hydrogen-bond donors (Lipinski definition) is 1. The van der Waals surface area contributed by atoms with Crippen molar-refractivity contribution >= 4 is 51.9 Å². The van der Waals surface area contributed by atoms with Crippen molar-refractivity contribution in [2.75, 3.05) is 5.32 Å². The fraction of sp³-hybridized carbons (Fsp3) is 0. The van der Waals surface area contributed by atoms with Crippen molar-refractivity contribution in [3.8, 4) is 0 Å². The van der Waals surface area contributed by atoms with E-state index in [1.54, 1.807) is 12.1 Å². The van der Waals surface area contributed by atoms with E-state index in [2.05, 4.69) is 27.9 Å². The summed E-state index contributed by atoms with van der Waals surface area (Å²) in [4.78, 5) is 11.8. The number of benzene rings is 2. The summed E-state index contributed by atoms with van der Waals surface area (Å²) < 4.78 is 1.02. The van der Waals surface area contributed by atoms with E-state index in [4.69, 9.17) is 11.6 Å². The molecular formula is C15H11ClINO. The third kappa shape index (κ3) is 4.36. The number of anilines is 1. The van der Waals surface area contributed by atoms with Crippen LogP contribution in [-0.4, -0.2) is 5.91 Å². The number of amides is 1. The second kappa shape index (κ2) is 6.73. The summed E-state index contributed by atoms with van der Waals surface area (Å²) in [6.45, 7) is 0. The molecule has 0 heterocycles. The van der Waals surface area contributed by atoms with Crippen LogP contribution in [0.4, 0.5) is 5.69 Å². The van der Waals surface area contributed by atoms with Crippen LogP contribution < -0.4 is 5.32 Å². The van der Waals surface area contributed by atoms with Gasteiger partial charge in [-0.2, -0.15) is 0 Å². The molecule has 2 nitrogen and oxygen atoms in total. The third-order valence-electron chi connectivity index (χ3n) is 2.41. The Morgan fingerprint density at radius 1 is 1.16 bits per heavy atom. The SMILES string of the molecule is O=C(/C=C/c1ccccc1)Nc1cc(I)ccc1Cl. The predicted octanol–water partition coefficient (Wildman–Crippen LogP) is 4.60. The predicted molar refractivity (Wildman–Crippen MR) is 88.3 cm³/mol. The molecule has 19 heavy (non-hydrogen) atoms. The Labute approximate surface area is 130 Å². The van der Waals surface area contributed by atoms with Gasteiger partial charge in [-0.1, -0.05) is 41.9 Å². The van der Waals surface area contributed by atoms with Gasteiger partial charge in [0.2, 0.25) is 5.91 Å². The lowest BCUT2D eigenvalue weighted by Gasteiger charge is -2.05. The summed E-state index contributed by atoms with van der Waals surface area (Å²) in [6.07, 6.45) is 3.25. The van der Waals surface area contributed by atoms with Gasteiger partial charge in [-0.3, -0.25) is 4.79 Å². The van der Waals surface area contributed by atoms with Crippen molar-refractivity contribution in [2.45, 2.75) is 0 Å². The van der Waals surface area contributed by atoms with Crippen LogP contribution >= 0.6 is 34.2 Å². The highest BCUT2D eigenvalue weighted by molar-refractivity contribution is 14.1. The second-order valence-electron chi connectivity index (χ2n) is 3.86. The molecule has 0 aliphatic rings. The number of nitrogens with one attached hydrogen (secondary N) is 1. The first-order valence-electron chi connectivity index (χ1n) is 5.64. The van der Waals surface area contributed by atoms with Crippen LogP contribution in [0.5, 0.6) is 0 Å². The number of hydrogen-bond acceptors (Lipinski definition) is 1. The molecule has 1 amide bonds. The standard InChI is InChI=1S/C15H11ClINO/c16-13-8-7-12(17)10-14(13)18-15(19)9-6-11-4-2-1-3-5-11/h1-10H,(H,18,19)/b9-6+. The summed E-state index contributed by atoms with van der Waals surface area (Å²) in [7, 11) is 0. The molecule has 0 aliphatic carbocycles. The van der Waals surface area contributed by atoms with Crippen LogP contribution in [0.2, 0.25) is 5.02 Å². The minimum atomic E-state index is -0.201. The van der Waals surface area contributed by atoms with E-state index in [1.165, 1.54) is 6.08 Å². The van der Waals surface area contributed by atoms with Crippen LogP contribution in [0, 0.1) is 3.57 Å². The molecule has 0 atom stereocenters. The zero-order valence-electron chi connectivity index (χ0n) is 9.94. The van der Waals surface area contributed by atoms with Gasteiger partial charge in [0.25, 0.3) is 0 Å². The molecule has 0 spiro atoms. The molecular weight excluding hydrogens is 373 g/mol. The third-order valence-corrected chi connectivity index (χ3v) is 3.41. The Kier molecular flexibility index (Phi) is 4.99. The zero-order valence-corrected chi connectivity index (χ0v) is 12.9. The van der Waals surface area contributed by atoms with Gasteiger partial charge in [0.15, 0.2) is 0 Å². The molecule has 2 aromatic rings. The Hall–Kier alpha value is -1.33. The zero-order chi connectivity index (χ0) is 13.7. The van der Waals surface area contributed by atoms with E-state index < -0.39 is 0 Å². The van der Waals surface area contributed by atoms with Crippen molar-refractivity contribution in [3.63, 3.8) is 0 Å². The highest BCUT2D eigenvalue weighted by atomic mass is 127. The molecule has 0 radical (unpaired) electrons. The molecule has 2 rings (SSSR count). The first-order valence-corrected chi connectivity index (χ1v) is 7.10. The number of rotatable bonds is 3. The molecule has 0 unspecified atom stereocenters. The second-order valence-corrected chi connectivity index (χ2v) is 5.51. The van der Waals surface area contributed by atoms with E-state index in [1.807, 2.05) is 42.5 Å². The van der Waals surface area contributed by atoms with E-state index in [0.29, 0.717) is 10.7 Å². The van der Waals surface area contributed by atoms with Crippen LogP contribution in [-0.2, 0) is 4.79 Å². The topological polar surface area (TPSA) is 29.1 Å². The summed E-state index contributed by atoms with van der Waals surface area (Å²) in [6, 6.07) is 15.1. The van der Waals surface area contributed by atoms with Gasteiger partial charge in [0.05, 0.1) is 10.7 Å². The Bertz CT molecular complexity index is 611. The summed E-state index contributed by atoms with van der Waals surface area (Å²) >= 11 is 8.19. The number of carbonyl (C=O) groups is 1. The van der Waals surface area contributed by atoms with Crippen LogP contribution in [0.3, 0.4) is 0 Å². The Morgan fingerprint density at radius 2 is 1.89 bits per heavy atom. The molecule has 0 bridgehead atoms. The molecule has 0 aliphatic heterocycles. The maximum atomic E-state index is 11.8. The van der Waals surface area contributed by atoms with Crippen molar-refractivity contribution < 1.29 is 4.79 Å². The van der Waals surface area contributed by atoms with Crippen molar-refractivity contribution in [1.29, 1.82) is 0 Å². The first-order chi connectivity index (χ1) is 9.15. The van der Waals surface area contributed by atoms with E-state index in [0.717, 1.165) is 9.13 Å². The lowest BCUT2D eigenvalue weighted by molar-refractivity contribution is -0.111. The molecule has 4 heteroatoms. The maximum Gasteiger partial charge on any atom is 0.248 e. The maximum absolute atomic E-state index is 11.8. The minimum Gasteiger partial charge on any atom is -0.321 e. The lowest BCUT2D eigenvalue weighted by Crippen LogP contribution is -2.08. The van der Waals surface area contributed by atoms with Crippen LogP contribution in [0.25, 0.3) is 6.08 Å². The Balaban J connectivity index is 2.06. The van der Waals surface area contributed by atoms with E-state index in [9.17, 15) is 4.79 Å². The minimum absolute atomic E-state index is 0.201. The Morgan fingerprint density at radius 3 is 2.63 bits per heavy atom. The van der Waals surface area contributed by atoms with Gasteiger partial charge >= 0.3 is 0 Å². The highest BCUT2D eigenvalue weighted by Crippen LogP contribution is 2.23. The average Bonchev–Trinajstić information content (AvgIpc) is 2.42. The van der Waals surface area contributed by atoms with Crippen LogP contribution in [0.15, 0.2) is 54.6 Å². The molecule has 96 valence electrons. The van der Waals surface area contributed by atoms with Crippen LogP contribution in [0.1, 0.15) is 5.56 Å². The van der Waals surface area contributed by atoms with E-state index in [-0.39, 0.29) is 5.91 Å². The van der Waals surface area contributed by atoms with Gasteiger partial charge in [0.1, 0.15) is 0 Å². The quantitative estimate of drug-likeness (QED) is 0.609. The number of halogens is 2. The fourth-order valence-electron chi connectivity index (χ4n) is 1.50. The normalized spacial score (nSPS) is 10.6. The average molecular weight is 384 g/mol. The van der Waals surface area contributed by atoms with Gasteiger partial charge in [-0.05, 0) is 52.4 Å². The molecule has 1 N–H and O–H groups in total. The molecule has 2 aromatic carbocycles. The van der Waals surface area contributed by atoms with Crippen molar-refractivity contribution in [1.82, 2.24) is 0 Å². The largest absolute Gasteiger partial charge is 0.321 e. The van der Waals surface area contributed by atoms with E-state index >= 15 is 0 Å². The number of carbonyl (C=O) groups excluding carboxylic acids is 1. The monoisotopic (exact) mass is 383 g/mol. The summed E-state index contributed by atoms with van der Waals surface area (Å²) in [5.74, 6) is -0.201. The highest BCUT2D eigenvalue weighted by Gasteiger charge is 2.03. The van der Waals surface area contributed by atoms with Gasteiger partial charge in [-0.15, -0.1) is 0 Å². The molecule has 0 fully saturated rings. The van der Waals surface area contributed by atoms with Gasteiger partial charge in [0, 0.05) is 9.65 Å². The molecule has 0 aromatic heterocycles.